The predicted octanol–water partition coefficient (Wildman–Crippen LogP) is 3.75. The van der Waals surface area contributed by atoms with Gasteiger partial charge in [0.05, 0.1) is 17.2 Å². The maximum Gasteiger partial charge on any atom is 0.264 e. The molecule has 8 nitrogen and oxygen atoms in total. The Morgan fingerprint density at radius 1 is 0.946 bits per heavy atom. The number of para-hydroxylation sites is 2. The molecule has 0 aliphatic carbocycles. The third-order valence-corrected chi connectivity index (χ3v) is 7.83. The Balaban J connectivity index is 2.08. The number of nitrogens with zero attached hydrogens (tertiary/aromatic N) is 2. The summed E-state index contributed by atoms with van der Waals surface area (Å²) in [5.74, 6) is -0.540. The van der Waals surface area contributed by atoms with Crippen LogP contribution in [-0.4, -0.2) is 51.4 Å². The van der Waals surface area contributed by atoms with Gasteiger partial charge in [-0.3, -0.25) is 13.9 Å². The van der Waals surface area contributed by atoms with E-state index >= 15 is 0 Å². The molecule has 0 radical (unpaired) electrons. The summed E-state index contributed by atoms with van der Waals surface area (Å²) in [5.41, 5.74) is 2.06. The van der Waals surface area contributed by atoms with Gasteiger partial charge in [-0.2, -0.15) is 0 Å². The molecule has 1 N–H and O–H groups in total. The van der Waals surface area contributed by atoms with Crippen molar-refractivity contribution >= 4 is 27.5 Å². The monoisotopic (exact) mass is 523 g/mol. The van der Waals surface area contributed by atoms with Gasteiger partial charge in [-0.25, -0.2) is 8.42 Å². The molecule has 0 heterocycles. The van der Waals surface area contributed by atoms with E-state index in [1.807, 2.05) is 31.2 Å². The van der Waals surface area contributed by atoms with Gasteiger partial charge in [-0.15, -0.1) is 0 Å². The van der Waals surface area contributed by atoms with Crippen molar-refractivity contribution in [1.82, 2.24) is 10.2 Å². The van der Waals surface area contributed by atoms with Crippen LogP contribution in [0.5, 0.6) is 5.75 Å². The molecule has 3 aromatic carbocycles. The predicted molar refractivity (Wildman–Crippen MR) is 144 cm³/mol. The first kappa shape index (κ1) is 27.7. The molecule has 0 saturated carbocycles. The molecule has 0 aromatic heterocycles. The van der Waals surface area contributed by atoms with Gasteiger partial charge < -0.3 is 15.0 Å². The lowest BCUT2D eigenvalue weighted by Gasteiger charge is -2.32. The number of carbonyl (C=O) groups excluding carboxylic acids is 2. The van der Waals surface area contributed by atoms with Crippen molar-refractivity contribution in [2.75, 3.05) is 24.5 Å². The van der Waals surface area contributed by atoms with Gasteiger partial charge in [0.15, 0.2) is 0 Å². The smallest absolute Gasteiger partial charge is 0.264 e. The van der Waals surface area contributed by atoms with Crippen LogP contribution < -0.4 is 14.4 Å². The molecule has 0 bridgehead atoms. The Kier molecular flexibility index (Phi) is 9.30. The van der Waals surface area contributed by atoms with E-state index in [2.05, 4.69) is 5.32 Å². The van der Waals surface area contributed by atoms with E-state index in [0.29, 0.717) is 12.4 Å². The van der Waals surface area contributed by atoms with Crippen LogP contribution in [0.4, 0.5) is 5.69 Å². The summed E-state index contributed by atoms with van der Waals surface area (Å²) >= 11 is 0. The van der Waals surface area contributed by atoms with E-state index in [1.54, 1.807) is 56.3 Å². The fraction of sp³-hybridized carbons (Fsp3) is 0.286. The standard InChI is InChI=1S/C28H33N3O5S/c1-5-36-26-18-12-11-17-25(26)31(37(34,35)24-15-7-6-8-16-24)20-27(32)30(22(3)28(33)29-4)19-23-14-10-9-13-21(23)2/h6-18,22H,5,19-20H2,1-4H3,(H,29,33)/t22-/m0/s1. The molecule has 37 heavy (non-hydrogen) atoms. The van der Waals surface area contributed by atoms with Gasteiger partial charge in [-0.1, -0.05) is 54.6 Å². The van der Waals surface area contributed by atoms with Gasteiger partial charge in [-0.05, 0) is 56.2 Å². The van der Waals surface area contributed by atoms with Crippen LogP contribution >= 0.6 is 0 Å². The molecule has 3 rings (SSSR count). The maximum absolute atomic E-state index is 13.9. The Hall–Kier alpha value is -3.85. The number of ether oxygens (including phenoxy) is 1. The molecule has 3 aromatic rings. The molecular weight excluding hydrogens is 490 g/mol. The van der Waals surface area contributed by atoms with Crippen molar-refractivity contribution < 1.29 is 22.7 Å². The van der Waals surface area contributed by atoms with E-state index in [4.69, 9.17) is 4.74 Å². The van der Waals surface area contributed by atoms with Crippen LogP contribution in [0.15, 0.2) is 83.8 Å². The van der Waals surface area contributed by atoms with E-state index in [1.165, 1.54) is 24.1 Å². The van der Waals surface area contributed by atoms with Crippen LogP contribution in [-0.2, 0) is 26.2 Å². The number of hydrogen-bond acceptors (Lipinski definition) is 5. The topological polar surface area (TPSA) is 96.0 Å². The minimum Gasteiger partial charge on any atom is -0.492 e. The highest BCUT2D eigenvalue weighted by atomic mass is 32.2. The largest absolute Gasteiger partial charge is 0.492 e. The summed E-state index contributed by atoms with van der Waals surface area (Å²) in [4.78, 5) is 27.9. The van der Waals surface area contributed by atoms with Crippen molar-refractivity contribution in [2.45, 2.75) is 38.3 Å². The minimum atomic E-state index is -4.15. The summed E-state index contributed by atoms with van der Waals surface area (Å²) in [7, 11) is -2.65. The van der Waals surface area contributed by atoms with Gasteiger partial charge in [0.2, 0.25) is 11.8 Å². The summed E-state index contributed by atoms with van der Waals surface area (Å²) in [5, 5.41) is 2.58. The number of amides is 2. The molecular formula is C28H33N3O5S. The summed E-state index contributed by atoms with van der Waals surface area (Å²) in [6.07, 6.45) is 0. The molecule has 1 atom stereocenters. The Morgan fingerprint density at radius 3 is 2.22 bits per heavy atom. The zero-order valence-electron chi connectivity index (χ0n) is 21.5. The number of benzene rings is 3. The second-order valence-electron chi connectivity index (χ2n) is 8.46. The first-order valence-electron chi connectivity index (χ1n) is 12.1. The van der Waals surface area contributed by atoms with Gasteiger partial charge >= 0.3 is 0 Å². The maximum atomic E-state index is 13.9. The lowest BCUT2D eigenvalue weighted by Crippen LogP contribution is -2.50. The molecule has 0 aliphatic heterocycles. The highest BCUT2D eigenvalue weighted by Gasteiger charge is 2.33. The van der Waals surface area contributed by atoms with Crippen LogP contribution in [0.3, 0.4) is 0 Å². The fourth-order valence-corrected chi connectivity index (χ4v) is 5.38. The molecule has 0 spiro atoms. The molecule has 0 fully saturated rings. The zero-order valence-corrected chi connectivity index (χ0v) is 22.4. The highest BCUT2D eigenvalue weighted by molar-refractivity contribution is 7.92. The molecule has 196 valence electrons. The molecule has 2 amide bonds. The zero-order chi connectivity index (χ0) is 27.0. The molecule has 0 unspecified atom stereocenters. The number of carbonyl (C=O) groups is 2. The number of sulfonamides is 1. The number of rotatable bonds is 11. The lowest BCUT2D eigenvalue weighted by atomic mass is 10.1. The SMILES string of the molecule is CCOc1ccccc1N(CC(=O)N(Cc1ccccc1C)[C@@H](C)C(=O)NC)S(=O)(=O)c1ccccc1. The van der Waals surface area contributed by atoms with Crippen molar-refractivity contribution in [1.29, 1.82) is 0 Å². The van der Waals surface area contributed by atoms with E-state index < -0.39 is 28.5 Å². The Labute approximate surface area is 218 Å². The second-order valence-corrected chi connectivity index (χ2v) is 10.3. The third-order valence-electron chi connectivity index (χ3n) is 6.06. The van der Waals surface area contributed by atoms with Crippen molar-refractivity contribution in [3.63, 3.8) is 0 Å². The van der Waals surface area contributed by atoms with Crippen LogP contribution in [0.2, 0.25) is 0 Å². The van der Waals surface area contributed by atoms with E-state index in [-0.39, 0.29) is 23.0 Å². The van der Waals surface area contributed by atoms with Crippen molar-refractivity contribution in [2.24, 2.45) is 0 Å². The number of aryl methyl sites for hydroxylation is 1. The van der Waals surface area contributed by atoms with Gasteiger partial charge in [0, 0.05) is 13.6 Å². The number of anilines is 1. The first-order valence-corrected chi connectivity index (χ1v) is 13.5. The summed E-state index contributed by atoms with van der Waals surface area (Å²) < 4.78 is 34.4. The van der Waals surface area contributed by atoms with Crippen molar-refractivity contribution in [3.05, 3.63) is 90.0 Å². The Morgan fingerprint density at radius 2 is 1.57 bits per heavy atom. The molecule has 0 aliphatic rings. The van der Waals surface area contributed by atoms with Crippen LogP contribution in [0, 0.1) is 6.92 Å². The number of nitrogens with one attached hydrogen (secondary N) is 1. The van der Waals surface area contributed by atoms with Crippen molar-refractivity contribution in [3.8, 4) is 5.75 Å². The quantitative estimate of drug-likeness (QED) is 0.413. The highest BCUT2D eigenvalue weighted by Crippen LogP contribution is 2.32. The fourth-order valence-electron chi connectivity index (χ4n) is 3.94. The van der Waals surface area contributed by atoms with Crippen LogP contribution in [0.1, 0.15) is 25.0 Å². The van der Waals surface area contributed by atoms with E-state index in [9.17, 15) is 18.0 Å². The Bertz CT molecular complexity index is 1330. The third kappa shape index (κ3) is 6.48. The van der Waals surface area contributed by atoms with E-state index in [0.717, 1.165) is 15.4 Å². The summed E-state index contributed by atoms with van der Waals surface area (Å²) in [6, 6.07) is 21.4. The normalized spacial score (nSPS) is 11.9. The van der Waals surface area contributed by atoms with Gasteiger partial charge in [0.1, 0.15) is 18.3 Å². The first-order chi connectivity index (χ1) is 17.7. The summed E-state index contributed by atoms with van der Waals surface area (Å²) in [6.45, 7) is 5.29. The second kappa shape index (κ2) is 12.4. The minimum absolute atomic E-state index is 0.0407. The molecule has 9 heteroatoms. The lowest BCUT2D eigenvalue weighted by molar-refractivity contribution is -0.139. The average Bonchev–Trinajstić information content (AvgIpc) is 2.91. The van der Waals surface area contributed by atoms with Crippen LogP contribution in [0.25, 0.3) is 0 Å². The number of likely N-dealkylation sites (N-methyl/N-ethyl adjacent to an activating group) is 1. The number of hydrogen-bond donors (Lipinski definition) is 1. The van der Waals surface area contributed by atoms with Gasteiger partial charge in [0.25, 0.3) is 10.0 Å². The average molecular weight is 524 g/mol. The molecule has 0 saturated heterocycles.